The van der Waals surface area contributed by atoms with E-state index in [0.29, 0.717) is 4.34 Å². The van der Waals surface area contributed by atoms with Crippen molar-refractivity contribution in [2.24, 2.45) is 0 Å². The minimum Gasteiger partial charge on any atom is -0.340 e. The second-order valence-corrected chi connectivity index (χ2v) is 6.95. The third-order valence-electron chi connectivity index (χ3n) is 2.91. The predicted octanol–water partition coefficient (Wildman–Crippen LogP) is 2.32. The van der Waals surface area contributed by atoms with Gasteiger partial charge in [-0.1, -0.05) is 23.2 Å². The molecule has 0 aromatic carbocycles. The average Bonchev–Trinajstić information content (AvgIpc) is 2.79. The molecule has 0 saturated carbocycles. The second-order valence-electron chi connectivity index (χ2n) is 4.66. The van der Waals surface area contributed by atoms with Gasteiger partial charge in [-0.15, -0.1) is 11.3 Å². The molecule has 0 unspecified atom stereocenters. The number of halogens is 2. The molecule has 1 aromatic heterocycles. The summed E-state index contributed by atoms with van der Waals surface area (Å²) < 4.78 is 0.641. The Labute approximate surface area is 129 Å². The van der Waals surface area contributed by atoms with Gasteiger partial charge >= 0.3 is 0 Å². The van der Waals surface area contributed by atoms with Crippen molar-refractivity contribution in [1.82, 2.24) is 10.2 Å². The van der Waals surface area contributed by atoms with Crippen LogP contribution in [0.1, 0.15) is 30.6 Å². The normalized spacial score (nSPS) is 19.1. The Bertz CT molecular complexity index is 585. The number of imide groups is 1. The van der Waals surface area contributed by atoms with Crippen LogP contribution in [0.5, 0.6) is 0 Å². The van der Waals surface area contributed by atoms with E-state index in [4.69, 9.17) is 23.2 Å². The van der Waals surface area contributed by atoms with Crippen molar-refractivity contribution >= 4 is 52.3 Å². The number of hydrogen-bond acceptors (Lipinski definition) is 4. The van der Waals surface area contributed by atoms with E-state index in [2.05, 4.69) is 5.32 Å². The molecule has 1 aliphatic heterocycles. The fourth-order valence-corrected chi connectivity index (χ4v) is 3.50. The topological polar surface area (TPSA) is 66.5 Å². The molecule has 108 valence electrons. The maximum Gasteiger partial charge on any atom is 0.254 e. The summed E-state index contributed by atoms with van der Waals surface area (Å²) in [5.74, 6) is -1.18. The number of thiophene rings is 1. The molecule has 3 amide bonds. The Balaban J connectivity index is 2.12. The van der Waals surface area contributed by atoms with Crippen LogP contribution < -0.4 is 5.32 Å². The van der Waals surface area contributed by atoms with Crippen LogP contribution in [0.2, 0.25) is 8.67 Å². The average molecular weight is 335 g/mol. The van der Waals surface area contributed by atoms with E-state index in [1.807, 2.05) is 0 Å². The molecule has 1 aromatic rings. The standard InChI is InChI=1S/C12H12Cl2N2O3S/c1-5(2)16-9(17)4-7(12(16)19)15-11(18)6-3-8(13)20-10(6)14/h3,5,7H,4H2,1-2H3,(H,15,18)/t7-/m1/s1. The van der Waals surface area contributed by atoms with Gasteiger partial charge in [0.05, 0.1) is 16.3 Å². The van der Waals surface area contributed by atoms with E-state index < -0.39 is 17.9 Å². The number of carbonyl (C=O) groups is 3. The van der Waals surface area contributed by atoms with Crippen molar-refractivity contribution in [2.45, 2.75) is 32.4 Å². The molecule has 1 N–H and O–H groups in total. The van der Waals surface area contributed by atoms with Gasteiger partial charge < -0.3 is 5.32 Å². The van der Waals surface area contributed by atoms with Crippen LogP contribution in [-0.2, 0) is 9.59 Å². The van der Waals surface area contributed by atoms with E-state index in [1.54, 1.807) is 13.8 Å². The fourth-order valence-electron chi connectivity index (χ4n) is 2.04. The first-order valence-corrected chi connectivity index (χ1v) is 7.50. The highest BCUT2D eigenvalue weighted by atomic mass is 35.5. The summed E-state index contributed by atoms with van der Waals surface area (Å²) in [5.41, 5.74) is 0.213. The number of carbonyl (C=O) groups excluding carboxylic acids is 3. The lowest BCUT2D eigenvalue weighted by atomic mass is 10.2. The number of hydrogen-bond donors (Lipinski definition) is 1. The minimum absolute atomic E-state index is 0.0295. The van der Waals surface area contributed by atoms with Gasteiger partial charge in [0.1, 0.15) is 10.4 Å². The molecule has 0 radical (unpaired) electrons. The Morgan fingerprint density at radius 1 is 1.45 bits per heavy atom. The molecule has 2 heterocycles. The van der Waals surface area contributed by atoms with Crippen LogP contribution in [0.4, 0.5) is 0 Å². The van der Waals surface area contributed by atoms with Crippen molar-refractivity contribution in [1.29, 1.82) is 0 Å². The summed E-state index contributed by atoms with van der Waals surface area (Å²) in [7, 11) is 0. The summed E-state index contributed by atoms with van der Waals surface area (Å²) in [5, 5.41) is 2.53. The Kier molecular flexibility index (Phi) is 4.36. The van der Waals surface area contributed by atoms with Gasteiger partial charge in [-0.2, -0.15) is 0 Å². The smallest absolute Gasteiger partial charge is 0.254 e. The van der Waals surface area contributed by atoms with Gasteiger partial charge in [-0.25, -0.2) is 0 Å². The zero-order valence-electron chi connectivity index (χ0n) is 10.8. The van der Waals surface area contributed by atoms with E-state index in [0.717, 1.165) is 16.2 Å². The fraction of sp³-hybridized carbons (Fsp3) is 0.417. The summed E-state index contributed by atoms with van der Waals surface area (Å²) in [4.78, 5) is 37.0. The van der Waals surface area contributed by atoms with Gasteiger partial charge in [-0.3, -0.25) is 19.3 Å². The largest absolute Gasteiger partial charge is 0.340 e. The number of likely N-dealkylation sites (tertiary alicyclic amines) is 1. The lowest BCUT2D eigenvalue weighted by Gasteiger charge is -2.19. The molecule has 0 aliphatic carbocycles. The third kappa shape index (κ3) is 2.82. The SMILES string of the molecule is CC(C)N1C(=O)C[C@@H](NC(=O)c2cc(Cl)sc2Cl)C1=O. The maximum atomic E-state index is 12.0. The summed E-state index contributed by atoms with van der Waals surface area (Å²) >= 11 is 12.7. The lowest BCUT2D eigenvalue weighted by molar-refractivity contribution is -0.140. The van der Waals surface area contributed by atoms with Crippen molar-refractivity contribution in [3.8, 4) is 0 Å². The van der Waals surface area contributed by atoms with Crippen molar-refractivity contribution in [3.05, 3.63) is 20.3 Å². The van der Waals surface area contributed by atoms with Gasteiger partial charge in [-0.05, 0) is 19.9 Å². The van der Waals surface area contributed by atoms with Gasteiger partial charge in [0.2, 0.25) is 5.91 Å². The van der Waals surface area contributed by atoms with Crippen LogP contribution in [-0.4, -0.2) is 34.7 Å². The Morgan fingerprint density at radius 3 is 2.55 bits per heavy atom. The first-order valence-electron chi connectivity index (χ1n) is 5.93. The van der Waals surface area contributed by atoms with Gasteiger partial charge in [0.15, 0.2) is 0 Å². The molecule has 1 fully saturated rings. The lowest BCUT2D eigenvalue weighted by Crippen LogP contribution is -2.43. The monoisotopic (exact) mass is 334 g/mol. The number of amides is 3. The van der Waals surface area contributed by atoms with Crippen LogP contribution in [0, 0.1) is 0 Å². The molecule has 1 atom stereocenters. The molecule has 8 heteroatoms. The van der Waals surface area contributed by atoms with Crippen molar-refractivity contribution < 1.29 is 14.4 Å². The zero-order chi connectivity index (χ0) is 15.0. The number of nitrogens with one attached hydrogen (secondary N) is 1. The number of rotatable bonds is 3. The van der Waals surface area contributed by atoms with Crippen molar-refractivity contribution in [2.75, 3.05) is 0 Å². The van der Waals surface area contributed by atoms with Crippen molar-refractivity contribution in [3.63, 3.8) is 0 Å². The first-order chi connectivity index (χ1) is 9.31. The zero-order valence-corrected chi connectivity index (χ0v) is 13.1. The number of nitrogens with zero attached hydrogens (tertiary/aromatic N) is 1. The molecule has 2 rings (SSSR count). The molecule has 0 bridgehead atoms. The Morgan fingerprint density at radius 2 is 2.10 bits per heavy atom. The predicted molar refractivity (Wildman–Crippen MR) is 77.2 cm³/mol. The summed E-state index contributed by atoms with van der Waals surface area (Å²) in [6, 6.07) is 0.369. The van der Waals surface area contributed by atoms with Gasteiger partial charge in [0.25, 0.3) is 11.8 Å². The van der Waals surface area contributed by atoms with Crippen LogP contribution >= 0.6 is 34.5 Å². The van der Waals surface area contributed by atoms with E-state index in [9.17, 15) is 14.4 Å². The highest BCUT2D eigenvalue weighted by Crippen LogP contribution is 2.31. The van der Waals surface area contributed by atoms with Crippen LogP contribution in [0.15, 0.2) is 6.07 Å². The van der Waals surface area contributed by atoms with E-state index in [-0.39, 0.29) is 28.3 Å². The molecular formula is C12H12Cl2N2O3S. The summed E-state index contributed by atoms with van der Waals surface area (Å²) in [6.45, 7) is 3.49. The van der Waals surface area contributed by atoms with Crippen LogP contribution in [0.25, 0.3) is 0 Å². The first kappa shape index (κ1) is 15.3. The second kappa shape index (κ2) is 5.71. The molecule has 1 saturated heterocycles. The quantitative estimate of drug-likeness (QED) is 0.862. The van der Waals surface area contributed by atoms with E-state index in [1.165, 1.54) is 6.07 Å². The molecule has 1 aliphatic rings. The van der Waals surface area contributed by atoms with E-state index >= 15 is 0 Å². The minimum atomic E-state index is -0.841. The maximum absolute atomic E-state index is 12.0. The highest BCUT2D eigenvalue weighted by Gasteiger charge is 2.40. The molecule has 5 nitrogen and oxygen atoms in total. The highest BCUT2D eigenvalue weighted by molar-refractivity contribution is 7.20. The molecule has 0 spiro atoms. The summed E-state index contributed by atoms with van der Waals surface area (Å²) in [6.07, 6.45) is -0.0295. The van der Waals surface area contributed by atoms with Crippen LogP contribution in [0.3, 0.4) is 0 Å². The molecular weight excluding hydrogens is 323 g/mol. The molecule has 20 heavy (non-hydrogen) atoms. The third-order valence-corrected chi connectivity index (χ3v) is 4.39. The van der Waals surface area contributed by atoms with Gasteiger partial charge in [0, 0.05) is 6.04 Å². The Hall–Kier alpha value is -1.11.